The molecule has 2 N–H and O–H groups in total. The molecule has 0 radical (unpaired) electrons. The molecule has 0 amide bonds. The normalized spacial score (nSPS) is 10.9. The molecule has 0 unspecified atom stereocenters. The summed E-state index contributed by atoms with van der Waals surface area (Å²) in [5, 5.41) is 4.54. The third-order valence-corrected chi connectivity index (χ3v) is 3.77. The topological polar surface area (TPSA) is 47.1 Å². The summed E-state index contributed by atoms with van der Waals surface area (Å²) in [5.41, 5.74) is 10.6. The molecule has 114 valence electrons. The molecule has 21 heavy (non-hydrogen) atoms. The summed E-state index contributed by atoms with van der Waals surface area (Å²) >= 11 is 0. The zero-order valence-corrected chi connectivity index (χ0v) is 13.3. The van der Waals surface area contributed by atoms with Gasteiger partial charge in [-0.1, -0.05) is 24.6 Å². The fourth-order valence-corrected chi connectivity index (χ4v) is 2.42. The number of hydrogen-bond donors (Lipinski definition) is 1. The molecule has 0 aliphatic rings. The van der Waals surface area contributed by atoms with Crippen LogP contribution in [0.2, 0.25) is 0 Å². The van der Waals surface area contributed by atoms with Gasteiger partial charge in [-0.15, -0.1) is 0 Å². The molecule has 0 saturated heterocycles. The molecular formula is C17H26N4. The molecule has 1 heterocycles. The second-order valence-corrected chi connectivity index (χ2v) is 5.50. The minimum absolute atomic E-state index is 0.716. The standard InChI is InChI=1S/C17H26N4/c1-4-15-12-17(20(3)19-15)13-21(11-5-10-18)16-8-6-14(2)7-9-16/h6-9,12H,4-5,10-11,13,18H2,1-3H3. The number of benzene rings is 1. The van der Waals surface area contributed by atoms with E-state index in [1.165, 1.54) is 16.9 Å². The van der Waals surface area contributed by atoms with Crippen LogP contribution in [-0.4, -0.2) is 22.9 Å². The zero-order valence-electron chi connectivity index (χ0n) is 13.3. The van der Waals surface area contributed by atoms with Gasteiger partial charge in [-0.25, -0.2) is 0 Å². The average molecular weight is 286 g/mol. The van der Waals surface area contributed by atoms with Crippen LogP contribution in [0.15, 0.2) is 30.3 Å². The Morgan fingerprint density at radius 1 is 1.24 bits per heavy atom. The van der Waals surface area contributed by atoms with E-state index in [9.17, 15) is 0 Å². The molecule has 0 bridgehead atoms. The first-order chi connectivity index (χ1) is 10.1. The number of rotatable bonds is 7. The van der Waals surface area contributed by atoms with Crippen LogP contribution in [0.5, 0.6) is 0 Å². The third kappa shape index (κ3) is 4.08. The van der Waals surface area contributed by atoms with Gasteiger partial charge in [-0.05, 0) is 44.5 Å². The van der Waals surface area contributed by atoms with Gasteiger partial charge < -0.3 is 10.6 Å². The van der Waals surface area contributed by atoms with Crippen LogP contribution in [0.4, 0.5) is 5.69 Å². The van der Waals surface area contributed by atoms with E-state index in [0.29, 0.717) is 6.54 Å². The number of nitrogens with two attached hydrogens (primary N) is 1. The molecule has 0 fully saturated rings. The lowest BCUT2D eigenvalue weighted by atomic mass is 10.2. The predicted molar refractivity (Wildman–Crippen MR) is 88.5 cm³/mol. The van der Waals surface area contributed by atoms with Crippen molar-refractivity contribution in [2.75, 3.05) is 18.0 Å². The lowest BCUT2D eigenvalue weighted by Gasteiger charge is -2.25. The highest BCUT2D eigenvalue weighted by molar-refractivity contribution is 5.47. The van der Waals surface area contributed by atoms with Crippen LogP contribution in [-0.2, 0) is 20.0 Å². The molecule has 2 rings (SSSR count). The van der Waals surface area contributed by atoms with Crippen molar-refractivity contribution >= 4 is 5.69 Å². The third-order valence-electron chi connectivity index (χ3n) is 3.77. The van der Waals surface area contributed by atoms with Gasteiger partial charge in [0.25, 0.3) is 0 Å². The maximum atomic E-state index is 5.68. The molecule has 2 aromatic rings. The first kappa shape index (κ1) is 15.6. The van der Waals surface area contributed by atoms with Crippen molar-refractivity contribution in [3.63, 3.8) is 0 Å². The van der Waals surface area contributed by atoms with E-state index in [4.69, 9.17) is 5.73 Å². The van der Waals surface area contributed by atoms with Gasteiger partial charge in [0, 0.05) is 19.3 Å². The second-order valence-electron chi connectivity index (χ2n) is 5.50. The Hall–Kier alpha value is -1.81. The SMILES string of the molecule is CCc1cc(CN(CCCN)c2ccc(C)cc2)n(C)n1. The molecule has 0 spiro atoms. The lowest BCUT2D eigenvalue weighted by molar-refractivity contribution is 0.660. The van der Waals surface area contributed by atoms with Gasteiger partial charge in [0.15, 0.2) is 0 Å². The summed E-state index contributed by atoms with van der Waals surface area (Å²) in [6.07, 6.45) is 1.97. The predicted octanol–water partition coefficient (Wildman–Crippen LogP) is 2.65. The van der Waals surface area contributed by atoms with E-state index < -0.39 is 0 Å². The van der Waals surface area contributed by atoms with Crippen molar-refractivity contribution in [3.05, 3.63) is 47.3 Å². The molecule has 0 saturated carbocycles. The molecule has 4 nitrogen and oxygen atoms in total. The number of aryl methyl sites for hydroxylation is 3. The summed E-state index contributed by atoms with van der Waals surface area (Å²) in [6.45, 7) is 6.80. The Morgan fingerprint density at radius 3 is 2.52 bits per heavy atom. The van der Waals surface area contributed by atoms with Gasteiger partial charge in [-0.2, -0.15) is 5.10 Å². The van der Waals surface area contributed by atoms with E-state index in [2.05, 4.69) is 54.2 Å². The van der Waals surface area contributed by atoms with E-state index in [1.807, 2.05) is 11.7 Å². The first-order valence-corrected chi connectivity index (χ1v) is 7.67. The Bertz CT molecular complexity index is 557. The van der Waals surface area contributed by atoms with E-state index in [-0.39, 0.29) is 0 Å². The van der Waals surface area contributed by atoms with Gasteiger partial charge in [0.1, 0.15) is 0 Å². The van der Waals surface area contributed by atoms with Crippen molar-refractivity contribution in [3.8, 4) is 0 Å². The summed E-state index contributed by atoms with van der Waals surface area (Å²) in [4.78, 5) is 2.38. The van der Waals surface area contributed by atoms with Gasteiger partial charge in [-0.3, -0.25) is 4.68 Å². The smallest absolute Gasteiger partial charge is 0.0625 e. The quantitative estimate of drug-likeness (QED) is 0.851. The highest BCUT2D eigenvalue weighted by Gasteiger charge is 2.11. The van der Waals surface area contributed by atoms with Crippen molar-refractivity contribution in [1.29, 1.82) is 0 Å². The Morgan fingerprint density at radius 2 is 1.95 bits per heavy atom. The number of hydrogen-bond acceptors (Lipinski definition) is 3. The molecule has 4 heteroatoms. The zero-order chi connectivity index (χ0) is 15.2. The monoisotopic (exact) mass is 286 g/mol. The highest BCUT2D eigenvalue weighted by Crippen LogP contribution is 2.19. The molecule has 0 aliphatic carbocycles. The molecular weight excluding hydrogens is 260 g/mol. The van der Waals surface area contributed by atoms with Crippen LogP contribution in [0.25, 0.3) is 0 Å². The van der Waals surface area contributed by atoms with Crippen molar-refractivity contribution in [1.82, 2.24) is 9.78 Å². The fourth-order valence-electron chi connectivity index (χ4n) is 2.42. The molecule has 0 atom stereocenters. The molecule has 1 aromatic carbocycles. The largest absolute Gasteiger partial charge is 0.366 e. The lowest BCUT2D eigenvalue weighted by Crippen LogP contribution is -2.26. The summed E-state index contributed by atoms with van der Waals surface area (Å²) in [6, 6.07) is 10.9. The van der Waals surface area contributed by atoms with Crippen molar-refractivity contribution in [2.45, 2.75) is 33.2 Å². The van der Waals surface area contributed by atoms with Crippen molar-refractivity contribution in [2.24, 2.45) is 12.8 Å². The number of aromatic nitrogens is 2. The molecule has 0 aliphatic heterocycles. The van der Waals surface area contributed by atoms with E-state index >= 15 is 0 Å². The Balaban J connectivity index is 2.19. The van der Waals surface area contributed by atoms with Crippen LogP contribution in [0.3, 0.4) is 0 Å². The van der Waals surface area contributed by atoms with Crippen molar-refractivity contribution < 1.29 is 0 Å². The average Bonchev–Trinajstić information content (AvgIpc) is 2.85. The Kier molecular flexibility index (Phi) is 5.39. The summed E-state index contributed by atoms with van der Waals surface area (Å²) in [5.74, 6) is 0. The highest BCUT2D eigenvalue weighted by atomic mass is 15.3. The van der Waals surface area contributed by atoms with Crippen LogP contribution >= 0.6 is 0 Å². The maximum Gasteiger partial charge on any atom is 0.0625 e. The van der Waals surface area contributed by atoms with Gasteiger partial charge >= 0.3 is 0 Å². The van der Waals surface area contributed by atoms with Gasteiger partial charge in [0.2, 0.25) is 0 Å². The van der Waals surface area contributed by atoms with Gasteiger partial charge in [0.05, 0.1) is 17.9 Å². The van der Waals surface area contributed by atoms with E-state index in [1.54, 1.807) is 0 Å². The van der Waals surface area contributed by atoms with Crippen LogP contribution in [0.1, 0.15) is 30.3 Å². The minimum atomic E-state index is 0.716. The van der Waals surface area contributed by atoms with Crippen LogP contribution < -0.4 is 10.6 Å². The maximum absolute atomic E-state index is 5.68. The summed E-state index contributed by atoms with van der Waals surface area (Å²) < 4.78 is 1.99. The van der Waals surface area contributed by atoms with Crippen LogP contribution in [0, 0.1) is 6.92 Å². The number of anilines is 1. The number of nitrogens with zero attached hydrogens (tertiary/aromatic N) is 3. The fraction of sp³-hybridized carbons (Fsp3) is 0.471. The van der Waals surface area contributed by atoms with E-state index in [0.717, 1.165) is 31.6 Å². The summed E-state index contributed by atoms with van der Waals surface area (Å²) in [7, 11) is 2.02. The Labute approximate surface area is 127 Å². The minimum Gasteiger partial charge on any atom is -0.366 e. The second kappa shape index (κ2) is 7.27. The molecule has 1 aromatic heterocycles. The first-order valence-electron chi connectivity index (χ1n) is 7.67.